The average Bonchev–Trinajstić information content (AvgIpc) is 2.78. The van der Waals surface area contributed by atoms with E-state index in [0.29, 0.717) is 0 Å². The van der Waals surface area contributed by atoms with E-state index in [4.69, 9.17) is 5.73 Å². The molecule has 3 rings (SSSR count). The van der Waals surface area contributed by atoms with Crippen LogP contribution in [0.15, 0.2) is 36.2 Å². The molecule has 16 heavy (non-hydrogen) atoms. The third kappa shape index (κ3) is 1.43. The lowest BCUT2D eigenvalue weighted by atomic mass is 10.1. The molecule has 2 aliphatic heterocycles. The van der Waals surface area contributed by atoms with Crippen molar-refractivity contribution in [3.05, 3.63) is 36.2 Å². The summed E-state index contributed by atoms with van der Waals surface area (Å²) in [4.78, 5) is 4.69. The van der Waals surface area contributed by atoms with Crippen LogP contribution in [0.1, 0.15) is 6.42 Å². The van der Waals surface area contributed by atoms with Crippen LogP contribution in [0.5, 0.6) is 0 Å². The molecule has 1 atom stereocenters. The number of hydrogen-bond donors (Lipinski definition) is 1. The number of rotatable bonds is 1. The highest BCUT2D eigenvalue weighted by Gasteiger charge is 2.33. The van der Waals surface area contributed by atoms with E-state index in [1.807, 2.05) is 12.1 Å². The van der Waals surface area contributed by atoms with Crippen molar-refractivity contribution in [3.8, 4) is 0 Å². The molecule has 0 radical (unpaired) electrons. The Kier molecular flexibility index (Phi) is 2.06. The third-order valence-corrected chi connectivity index (χ3v) is 3.50. The second kappa shape index (κ2) is 3.44. The van der Waals surface area contributed by atoms with E-state index in [2.05, 4.69) is 35.2 Å². The van der Waals surface area contributed by atoms with Crippen molar-refractivity contribution in [2.24, 2.45) is 5.92 Å². The molecular formula is C13H17N3. The second-order valence-electron chi connectivity index (χ2n) is 4.72. The van der Waals surface area contributed by atoms with E-state index in [1.54, 1.807) is 0 Å². The summed E-state index contributed by atoms with van der Waals surface area (Å²) in [5, 5.41) is 0. The summed E-state index contributed by atoms with van der Waals surface area (Å²) in [5.41, 5.74) is 9.27. The van der Waals surface area contributed by atoms with Gasteiger partial charge in [-0.15, -0.1) is 0 Å². The van der Waals surface area contributed by atoms with E-state index in [9.17, 15) is 0 Å². The Morgan fingerprint density at radius 3 is 2.75 bits per heavy atom. The first-order valence-electron chi connectivity index (χ1n) is 5.79. The molecule has 84 valence electrons. The van der Waals surface area contributed by atoms with Crippen LogP contribution in [0.3, 0.4) is 0 Å². The van der Waals surface area contributed by atoms with E-state index in [-0.39, 0.29) is 0 Å². The molecule has 1 fully saturated rings. The Bertz CT molecular complexity index is 421. The van der Waals surface area contributed by atoms with Crippen LogP contribution in [0, 0.1) is 5.92 Å². The Balaban J connectivity index is 1.91. The van der Waals surface area contributed by atoms with Gasteiger partial charge in [-0.25, -0.2) is 0 Å². The van der Waals surface area contributed by atoms with Gasteiger partial charge in [0.05, 0.1) is 0 Å². The maximum atomic E-state index is 5.71. The van der Waals surface area contributed by atoms with Crippen LogP contribution < -0.4 is 10.6 Å². The SMILES string of the molecule is CN1C=C2[C@@H](CCN2c2ccc(N)cc2)C1. The lowest BCUT2D eigenvalue weighted by Gasteiger charge is -2.20. The van der Waals surface area contributed by atoms with Crippen LogP contribution in [0.25, 0.3) is 0 Å². The van der Waals surface area contributed by atoms with Gasteiger partial charge in [-0.05, 0) is 30.7 Å². The van der Waals surface area contributed by atoms with Gasteiger partial charge >= 0.3 is 0 Å². The van der Waals surface area contributed by atoms with Gasteiger partial charge in [0, 0.05) is 49.3 Å². The molecule has 1 saturated heterocycles. The molecule has 2 aliphatic rings. The van der Waals surface area contributed by atoms with Gasteiger partial charge in [0.15, 0.2) is 0 Å². The van der Waals surface area contributed by atoms with Gasteiger partial charge in [-0.3, -0.25) is 0 Å². The average molecular weight is 215 g/mol. The molecule has 0 unspecified atom stereocenters. The van der Waals surface area contributed by atoms with Crippen molar-refractivity contribution in [2.75, 3.05) is 30.8 Å². The molecule has 0 bridgehead atoms. The Morgan fingerprint density at radius 2 is 2.00 bits per heavy atom. The van der Waals surface area contributed by atoms with Crippen LogP contribution in [-0.2, 0) is 0 Å². The standard InChI is InChI=1S/C13H17N3/c1-15-8-10-6-7-16(13(10)9-15)12-4-2-11(14)3-5-12/h2-5,9-10H,6-8,14H2,1H3/t10-/m0/s1. The third-order valence-electron chi connectivity index (χ3n) is 3.50. The molecular weight excluding hydrogens is 198 g/mol. The number of fused-ring (bicyclic) bond motifs is 1. The molecule has 1 aromatic carbocycles. The summed E-state index contributed by atoms with van der Waals surface area (Å²) in [6.45, 7) is 2.30. The number of nitrogens with zero attached hydrogens (tertiary/aromatic N) is 2. The zero-order valence-corrected chi connectivity index (χ0v) is 9.56. The molecule has 0 amide bonds. The van der Waals surface area contributed by atoms with Gasteiger partial charge in [0.1, 0.15) is 0 Å². The zero-order valence-electron chi connectivity index (χ0n) is 9.56. The monoisotopic (exact) mass is 215 g/mol. The highest BCUT2D eigenvalue weighted by Crippen LogP contribution is 2.36. The highest BCUT2D eigenvalue weighted by atomic mass is 15.2. The first-order valence-corrected chi connectivity index (χ1v) is 5.79. The van der Waals surface area contributed by atoms with Crippen molar-refractivity contribution >= 4 is 11.4 Å². The fourth-order valence-electron chi connectivity index (χ4n) is 2.70. The van der Waals surface area contributed by atoms with Gasteiger partial charge in [-0.2, -0.15) is 0 Å². The lowest BCUT2D eigenvalue weighted by molar-refractivity contribution is 0.433. The van der Waals surface area contributed by atoms with Gasteiger partial charge in [0.25, 0.3) is 0 Å². The first-order chi connectivity index (χ1) is 7.74. The lowest BCUT2D eigenvalue weighted by Crippen LogP contribution is -2.16. The number of anilines is 2. The van der Waals surface area contributed by atoms with E-state index in [0.717, 1.165) is 18.2 Å². The molecule has 2 heterocycles. The summed E-state index contributed by atoms with van der Waals surface area (Å²) in [7, 11) is 2.15. The molecule has 2 N–H and O–H groups in total. The molecule has 0 spiro atoms. The van der Waals surface area contributed by atoms with Crippen LogP contribution in [0.4, 0.5) is 11.4 Å². The fraction of sp³-hybridized carbons (Fsp3) is 0.385. The molecule has 0 aliphatic carbocycles. The van der Waals surface area contributed by atoms with Crippen LogP contribution in [-0.4, -0.2) is 25.0 Å². The van der Waals surface area contributed by atoms with E-state index < -0.39 is 0 Å². The van der Waals surface area contributed by atoms with Crippen LogP contribution >= 0.6 is 0 Å². The maximum Gasteiger partial charge on any atom is 0.0410 e. The predicted octanol–water partition coefficient (Wildman–Crippen LogP) is 1.88. The quantitative estimate of drug-likeness (QED) is 0.726. The zero-order chi connectivity index (χ0) is 11.1. The van der Waals surface area contributed by atoms with Crippen molar-refractivity contribution in [2.45, 2.75) is 6.42 Å². The van der Waals surface area contributed by atoms with Gasteiger partial charge in [-0.1, -0.05) is 0 Å². The van der Waals surface area contributed by atoms with E-state index in [1.165, 1.54) is 24.4 Å². The summed E-state index contributed by atoms with van der Waals surface area (Å²) in [5.74, 6) is 0.725. The largest absolute Gasteiger partial charge is 0.399 e. The summed E-state index contributed by atoms with van der Waals surface area (Å²) < 4.78 is 0. The fourth-order valence-corrected chi connectivity index (χ4v) is 2.70. The predicted molar refractivity (Wildman–Crippen MR) is 67.0 cm³/mol. The topological polar surface area (TPSA) is 32.5 Å². The van der Waals surface area contributed by atoms with Crippen molar-refractivity contribution < 1.29 is 0 Å². The minimum absolute atomic E-state index is 0.725. The smallest absolute Gasteiger partial charge is 0.0410 e. The second-order valence-corrected chi connectivity index (χ2v) is 4.72. The van der Waals surface area contributed by atoms with Crippen molar-refractivity contribution in [1.82, 2.24) is 4.90 Å². The van der Waals surface area contributed by atoms with Crippen molar-refractivity contribution in [1.29, 1.82) is 0 Å². The summed E-state index contributed by atoms with van der Waals surface area (Å²) in [6, 6.07) is 8.16. The summed E-state index contributed by atoms with van der Waals surface area (Å²) >= 11 is 0. The number of nitrogens with two attached hydrogens (primary N) is 1. The van der Waals surface area contributed by atoms with Crippen LogP contribution in [0.2, 0.25) is 0 Å². The molecule has 3 heteroatoms. The minimum atomic E-state index is 0.725. The van der Waals surface area contributed by atoms with E-state index >= 15 is 0 Å². The molecule has 0 saturated carbocycles. The maximum absolute atomic E-state index is 5.71. The van der Waals surface area contributed by atoms with Gasteiger partial charge < -0.3 is 15.5 Å². The number of nitrogen functional groups attached to an aromatic ring is 1. The Morgan fingerprint density at radius 1 is 1.25 bits per heavy atom. The minimum Gasteiger partial charge on any atom is -0.399 e. The normalized spacial score (nSPS) is 23.6. The van der Waals surface area contributed by atoms with Gasteiger partial charge in [0.2, 0.25) is 0 Å². The Labute approximate surface area is 96.1 Å². The molecule has 1 aromatic rings. The summed E-state index contributed by atoms with van der Waals surface area (Å²) in [6.07, 6.45) is 3.54. The molecule has 3 nitrogen and oxygen atoms in total. The first kappa shape index (κ1) is 9.58. The van der Waals surface area contributed by atoms with Crippen molar-refractivity contribution in [3.63, 3.8) is 0 Å². The number of hydrogen-bond acceptors (Lipinski definition) is 3. The number of benzene rings is 1. The Hall–Kier alpha value is -1.64. The highest BCUT2D eigenvalue weighted by molar-refractivity contribution is 5.58. The molecule has 0 aromatic heterocycles.